The minimum absolute atomic E-state index is 0.0196. The van der Waals surface area contributed by atoms with Crippen molar-refractivity contribution < 1.29 is 18.3 Å². The highest BCUT2D eigenvalue weighted by molar-refractivity contribution is 5.83. The molecule has 1 saturated heterocycles. The average Bonchev–Trinajstić information content (AvgIpc) is 3.38. The van der Waals surface area contributed by atoms with Crippen LogP contribution in [0.2, 0.25) is 0 Å². The Hall–Kier alpha value is -1.53. The van der Waals surface area contributed by atoms with Gasteiger partial charge in [-0.1, -0.05) is 6.07 Å². The van der Waals surface area contributed by atoms with E-state index in [4.69, 9.17) is 10.5 Å². The molecule has 2 unspecified atom stereocenters. The number of ether oxygens (including phenoxy) is 1. The Balaban J connectivity index is 1.47. The average molecular weight is 338 g/mol. The molecule has 2 N–H and O–H groups in total. The first-order valence-corrected chi connectivity index (χ1v) is 8.65. The van der Waals surface area contributed by atoms with Gasteiger partial charge in [-0.15, -0.1) is 0 Å². The molecule has 1 aromatic carbocycles. The van der Waals surface area contributed by atoms with E-state index in [0.717, 1.165) is 31.7 Å². The van der Waals surface area contributed by atoms with Gasteiger partial charge in [0.1, 0.15) is 0 Å². The summed E-state index contributed by atoms with van der Waals surface area (Å²) in [6.07, 6.45) is 3.48. The van der Waals surface area contributed by atoms with E-state index in [-0.39, 0.29) is 23.8 Å². The lowest BCUT2D eigenvalue weighted by atomic mass is 10.1. The van der Waals surface area contributed by atoms with E-state index in [1.807, 2.05) is 4.90 Å². The lowest BCUT2D eigenvalue weighted by molar-refractivity contribution is -0.135. The van der Waals surface area contributed by atoms with E-state index in [1.165, 1.54) is 6.07 Å². The number of carbonyl (C=O) groups is 1. The molecule has 1 saturated carbocycles. The summed E-state index contributed by atoms with van der Waals surface area (Å²) in [5.41, 5.74) is 6.16. The standard InChI is InChI=1S/C18H24F2N2O2/c19-16-3-2-12(10-17(16)20)14-11-15(14)18(23)22-7-4-13(5-8-22)24-9-1-6-21/h2-3,10,13-15H,1,4-9,11,21H2. The molecule has 0 aromatic heterocycles. The van der Waals surface area contributed by atoms with Gasteiger partial charge in [0.15, 0.2) is 11.6 Å². The van der Waals surface area contributed by atoms with Gasteiger partial charge in [0, 0.05) is 25.6 Å². The van der Waals surface area contributed by atoms with E-state index in [2.05, 4.69) is 0 Å². The molecule has 0 spiro atoms. The van der Waals surface area contributed by atoms with Crippen LogP contribution in [0.5, 0.6) is 0 Å². The van der Waals surface area contributed by atoms with Crippen LogP contribution < -0.4 is 5.73 Å². The summed E-state index contributed by atoms with van der Waals surface area (Å²) in [4.78, 5) is 14.4. The number of hydrogen-bond donors (Lipinski definition) is 1. The zero-order chi connectivity index (χ0) is 17.1. The predicted molar refractivity (Wildman–Crippen MR) is 86.4 cm³/mol. The Morgan fingerprint density at radius 3 is 2.67 bits per heavy atom. The summed E-state index contributed by atoms with van der Waals surface area (Å²) in [6, 6.07) is 3.92. The third-order valence-electron chi connectivity index (χ3n) is 4.94. The van der Waals surface area contributed by atoms with Crippen LogP contribution >= 0.6 is 0 Å². The van der Waals surface area contributed by atoms with Crippen LogP contribution in [-0.2, 0) is 9.53 Å². The van der Waals surface area contributed by atoms with Gasteiger partial charge in [0.05, 0.1) is 6.10 Å². The molecule has 1 amide bonds. The molecule has 0 radical (unpaired) electrons. The number of hydrogen-bond acceptors (Lipinski definition) is 3. The fourth-order valence-electron chi connectivity index (χ4n) is 3.39. The number of benzene rings is 1. The van der Waals surface area contributed by atoms with Gasteiger partial charge in [0.25, 0.3) is 0 Å². The monoisotopic (exact) mass is 338 g/mol. The van der Waals surface area contributed by atoms with E-state index < -0.39 is 11.6 Å². The second-order valence-corrected chi connectivity index (χ2v) is 6.66. The van der Waals surface area contributed by atoms with Crippen molar-refractivity contribution >= 4 is 5.91 Å². The number of rotatable bonds is 6. The van der Waals surface area contributed by atoms with Gasteiger partial charge in [-0.2, -0.15) is 0 Å². The van der Waals surface area contributed by atoms with Crippen LogP contribution in [0.15, 0.2) is 18.2 Å². The first kappa shape index (κ1) is 17.3. The predicted octanol–water partition coefficient (Wildman–Crippen LogP) is 2.42. The van der Waals surface area contributed by atoms with Crippen LogP contribution in [0.1, 0.15) is 37.2 Å². The number of nitrogens with zero attached hydrogens (tertiary/aromatic N) is 1. The summed E-state index contributed by atoms with van der Waals surface area (Å²) in [7, 11) is 0. The number of nitrogens with two attached hydrogens (primary N) is 1. The molecule has 6 heteroatoms. The van der Waals surface area contributed by atoms with Crippen LogP contribution in [0, 0.1) is 17.6 Å². The van der Waals surface area contributed by atoms with Crippen molar-refractivity contribution in [2.45, 2.75) is 37.7 Å². The van der Waals surface area contributed by atoms with E-state index in [9.17, 15) is 13.6 Å². The number of piperidine rings is 1. The van der Waals surface area contributed by atoms with Gasteiger partial charge >= 0.3 is 0 Å². The van der Waals surface area contributed by atoms with Crippen LogP contribution in [-0.4, -0.2) is 43.2 Å². The summed E-state index contributed by atoms with van der Waals surface area (Å²) >= 11 is 0. The second kappa shape index (κ2) is 7.57. The fraction of sp³-hybridized carbons (Fsp3) is 0.611. The Kier molecular flexibility index (Phi) is 5.46. The summed E-state index contributed by atoms with van der Waals surface area (Å²) in [5.74, 6) is -1.64. The topological polar surface area (TPSA) is 55.6 Å². The number of likely N-dealkylation sites (tertiary alicyclic amines) is 1. The van der Waals surface area contributed by atoms with E-state index in [1.54, 1.807) is 6.07 Å². The third-order valence-corrected chi connectivity index (χ3v) is 4.94. The van der Waals surface area contributed by atoms with Gasteiger partial charge in [0.2, 0.25) is 5.91 Å². The Bertz CT molecular complexity index is 588. The highest BCUT2D eigenvalue weighted by Crippen LogP contribution is 2.48. The molecule has 132 valence electrons. The van der Waals surface area contributed by atoms with Crippen molar-refractivity contribution in [2.24, 2.45) is 11.7 Å². The van der Waals surface area contributed by atoms with Gasteiger partial charge in [-0.25, -0.2) is 8.78 Å². The molecule has 0 bridgehead atoms. The normalized spacial score (nSPS) is 24.2. The van der Waals surface area contributed by atoms with Gasteiger partial charge in [-0.05, 0) is 55.8 Å². The van der Waals surface area contributed by atoms with E-state index >= 15 is 0 Å². The molecular weight excluding hydrogens is 314 g/mol. The SMILES string of the molecule is NCCCOC1CCN(C(=O)C2CC2c2ccc(F)c(F)c2)CC1. The minimum Gasteiger partial charge on any atom is -0.378 e. The van der Waals surface area contributed by atoms with Crippen LogP contribution in [0.25, 0.3) is 0 Å². The molecule has 24 heavy (non-hydrogen) atoms. The molecule has 1 heterocycles. The smallest absolute Gasteiger partial charge is 0.226 e. The van der Waals surface area contributed by atoms with Crippen molar-refractivity contribution in [1.82, 2.24) is 4.90 Å². The molecule has 1 aliphatic carbocycles. The maximum absolute atomic E-state index is 13.3. The molecular formula is C18H24F2N2O2. The molecule has 4 nitrogen and oxygen atoms in total. The summed E-state index contributed by atoms with van der Waals surface area (Å²) in [6.45, 7) is 2.71. The van der Waals surface area contributed by atoms with Gasteiger partial charge < -0.3 is 15.4 Å². The number of halogens is 2. The minimum atomic E-state index is -0.848. The molecule has 1 aromatic rings. The molecule has 2 fully saturated rings. The summed E-state index contributed by atoms with van der Waals surface area (Å²) in [5, 5.41) is 0. The third kappa shape index (κ3) is 3.92. The Morgan fingerprint density at radius 1 is 1.25 bits per heavy atom. The van der Waals surface area contributed by atoms with Gasteiger partial charge in [-0.3, -0.25) is 4.79 Å². The first-order chi connectivity index (χ1) is 11.6. The molecule has 2 atom stereocenters. The Morgan fingerprint density at radius 2 is 2.00 bits per heavy atom. The maximum Gasteiger partial charge on any atom is 0.226 e. The van der Waals surface area contributed by atoms with Crippen molar-refractivity contribution in [1.29, 1.82) is 0 Å². The highest BCUT2D eigenvalue weighted by atomic mass is 19.2. The first-order valence-electron chi connectivity index (χ1n) is 8.65. The largest absolute Gasteiger partial charge is 0.378 e. The van der Waals surface area contributed by atoms with Crippen LogP contribution in [0.3, 0.4) is 0 Å². The molecule has 3 rings (SSSR count). The molecule has 2 aliphatic rings. The van der Waals surface area contributed by atoms with Crippen LogP contribution in [0.4, 0.5) is 8.78 Å². The fourth-order valence-corrected chi connectivity index (χ4v) is 3.39. The van der Waals surface area contributed by atoms with E-state index in [0.29, 0.717) is 31.8 Å². The lowest BCUT2D eigenvalue weighted by Crippen LogP contribution is -2.42. The number of carbonyl (C=O) groups excluding carboxylic acids is 1. The quantitative estimate of drug-likeness (QED) is 0.811. The molecule has 1 aliphatic heterocycles. The zero-order valence-electron chi connectivity index (χ0n) is 13.7. The Labute approximate surface area is 141 Å². The second-order valence-electron chi connectivity index (χ2n) is 6.66. The summed E-state index contributed by atoms with van der Waals surface area (Å²) < 4.78 is 32.1. The van der Waals surface area contributed by atoms with Crippen molar-refractivity contribution in [3.05, 3.63) is 35.4 Å². The zero-order valence-corrected chi connectivity index (χ0v) is 13.7. The van der Waals surface area contributed by atoms with Crippen molar-refractivity contribution in [3.63, 3.8) is 0 Å². The number of amides is 1. The van der Waals surface area contributed by atoms with Crippen molar-refractivity contribution in [3.8, 4) is 0 Å². The lowest BCUT2D eigenvalue weighted by Gasteiger charge is -2.32. The maximum atomic E-state index is 13.3. The highest BCUT2D eigenvalue weighted by Gasteiger charge is 2.46. The van der Waals surface area contributed by atoms with Crippen molar-refractivity contribution in [2.75, 3.05) is 26.2 Å².